The van der Waals surface area contributed by atoms with Gasteiger partial charge in [0.05, 0.1) is 11.4 Å². The largest absolute Gasteiger partial charge is 0.489 e. The molecule has 1 fully saturated rings. The van der Waals surface area contributed by atoms with Gasteiger partial charge in [-0.25, -0.2) is 0 Å². The molecule has 0 bridgehead atoms. The molecule has 0 atom stereocenters. The number of amides is 2. The van der Waals surface area contributed by atoms with Gasteiger partial charge in [0.25, 0.3) is 11.1 Å². The molecule has 2 amide bonds. The number of nitrogens with zero attached hydrogens (tertiary/aromatic N) is 1. The second-order valence-electron chi connectivity index (χ2n) is 7.15. The summed E-state index contributed by atoms with van der Waals surface area (Å²) in [6.07, 6.45) is 1.61. The summed E-state index contributed by atoms with van der Waals surface area (Å²) in [5.74, 6) is -0.211. The van der Waals surface area contributed by atoms with E-state index in [4.69, 9.17) is 27.9 Å². The van der Waals surface area contributed by atoms with Crippen LogP contribution in [0.5, 0.6) is 5.75 Å². The zero-order valence-electron chi connectivity index (χ0n) is 17.2. The van der Waals surface area contributed by atoms with E-state index in [9.17, 15) is 14.4 Å². The van der Waals surface area contributed by atoms with Crippen molar-refractivity contribution in [3.05, 3.63) is 104 Å². The summed E-state index contributed by atoms with van der Waals surface area (Å²) < 4.78 is 5.82. The average molecular weight is 498 g/mol. The topological polar surface area (TPSA) is 63.7 Å². The summed E-state index contributed by atoms with van der Waals surface area (Å²) >= 11 is 12.9. The number of thioether (sulfide) groups is 1. The van der Waals surface area contributed by atoms with Crippen molar-refractivity contribution in [3.63, 3.8) is 0 Å². The molecule has 0 spiro atoms. The second-order valence-corrected chi connectivity index (χ2v) is 8.99. The average Bonchev–Trinajstić information content (AvgIpc) is 3.06. The van der Waals surface area contributed by atoms with Gasteiger partial charge in [-0.3, -0.25) is 19.3 Å². The van der Waals surface area contributed by atoms with Crippen molar-refractivity contribution in [2.45, 2.75) is 6.61 Å². The molecule has 166 valence electrons. The SMILES string of the molecule is O=C(CN1C(=O)S/C(=C/c2cccc(OCc3ccc(Cl)cc3Cl)c2)C1=O)c1ccccc1. The van der Waals surface area contributed by atoms with Crippen molar-refractivity contribution in [1.29, 1.82) is 0 Å². The van der Waals surface area contributed by atoms with Crippen molar-refractivity contribution in [2.75, 3.05) is 6.54 Å². The number of imide groups is 1. The van der Waals surface area contributed by atoms with Gasteiger partial charge < -0.3 is 4.74 Å². The van der Waals surface area contributed by atoms with Crippen LogP contribution in [0.2, 0.25) is 10.0 Å². The van der Waals surface area contributed by atoms with Gasteiger partial charge >= 0.3 is 0 Å². The molecular weight excluding hydrogens is 481 g/mol. The summed E-state index contributed by atoms with van der Waals surface area (Å²) in [5, 5.41) is 0.586. The van der Waals surface area contributed by atoms with Gasteiger partial charge in [-0.05, 0) is 47.7 Å². The zero-order chi connectivity index (χ0) is 23.4. The van der Waals surface area contributed by atoms with Crippen LogP contribution in [-0.4, -0.2) is 28.4 Å². The van der Waals surface area contributed by atoms with Crippen molar-refractivity contribution < 1.29 is 19.1 Å². The summed E-state index contributed by atoms with van der Waals surface area (Å²) in [6, 6.07) is 20.9. The Bertz CT molecular complexity index is 1260. The van der Waals surface area contributed by atoms with E-state index < -0.39 is 11.1 Å². The Hall–Kier alpha value is -3.06. The number of ketones is 1. The van der Waals surface area contributed by atoms with E-state index in [1.165, 1.54) is 0 Å². The lowest BCUT2D eigenvalue weighted by atomic mass is 10.1. The molecule has 0 aliphatic carbocycles. The van der Waals surface area contributed by atoms with Crippen molar-refractivity contribution >= 4 is 58.0 Å². The van der Waals surface area contributed by atoms with E-state index in [0.29, 0.717) is 26.9 Å². The molecule has 4 rings (SSSR count). The number of benzene rings is 3. The second kappa shape index (κ2) is 10.3. The third kappa shape index (κ3) is 5.66. The number of halogens is 2. The summed E-state index contributed by atoms with van der Waals surface area (Å²) in [4.78, 5) is 38.8. The Morgan fingerprint density at radius 1 is 0.970 bits per heavy atom. The van der Waals surface area contributed by atoms with Gasteiger partial charge in [0, 0.05) is 21.2 Å². The lowest BCUT2D eigenvalue weighted by molar-refractivity contribution is -0.122. The fourth-order valence-corrected chi connectivity index (χ4v) is 4.44. The van der Waals surface area contributed by atoms with Gasteiger partial charge in [0.1, 0.15) is 12.4 Å². The molecule has 0 saturated carbocycles. The van der Waals surface area contributed by atoms with Gasteiger partial charge in [-0.2, -0.15) is 0 Å². The zero-order valence-corrected chi connectivity index (χ0v) is 19.5. The first-order valence-electron chi connectivity index (χ1n) is 9.91. The fraction of sp³-hybridized carbons (Fsp3) is 0.0800. The molecule has 1 saturated heterocycles. The van der Waals surface area contributed by atoms with Crippen LogP contribution in [0.15, 0.2) is 77.7 Å². The van der Waals surface area contributed by atoms with Crippen LogP contribution in [0.3, 0.4) is 0 Å². The molecular formula is C25H17Cl2NO4S. The smallest absolute Gasteiger partial charge is 0.293 e. The first kappa shape index (κ1) is 23.1. The van der Waals surface area contributed by atoms with Crippen LogP contribution >= 0.6 is 35.0 Å². The molecule has 0 N–H and O–H groups in total. The predicted molar refractivity (Wildman–Crippen MR) is 131 cm³/mol. The third-order valence-electron chi connectivity index (χ3n) is 4.84. The Morgan fingerprint density at radius 3 is 2.52 bits per heavy atom. The number of hydrogen-bond donors (Lipinski definition) is 0. The minimum absolute atomic E-state index is 0.248. The van der Waals surface area contributed by atoms with Crippen molar-refractivity contribution in [3.8, 4) is 5.75 Å². The summed E-state index contributed by atoms with van der Waals surface area (Å²) in [5.41, 5.74) is 1.93. The number of carbonyl (C=O) groups excluding carboxylic acids is 3. The quantitative estimate of drug-likeness (QED) is 0.275. The number of carbonyl (C=O) groups is 3. The lowest BCUT2D eigenvalue weighted by Crippen LogP contribution is -2.33. The molecule has 33 heavy (non-hydrogen) atoms. The minimum atomic E-state index is -0.492. The highest BCUT2D eigenvalue weighted by atomic mass is 35.5. The van der Waals surface area contributed by atoms with Crippen LogP contribution in [0.25, 0.3) is 6.08 Å². The number of rotatable bonds is 7. The number of Topliss-reactive ketones (excluding diaryl/α,β-unsaturated/α-hetero) is 1. The molecule has 1 aliphatic heterocycles. The van der Waals surface area contributed by atoms with Gasteiger partial charge in [-0.15, -0.1) is 0 Å². The summed E-state index contributed by atoms with van der Waals surface area (Å²) in [7, 11) is 0. The van der Waals surface area contributed by atoms with Crippen LogP contribution in [0, 0.1) is 0 Å². The van der Waals surface area contributed by atoms with E-state index in [0.717, 1.165) is 22.2 Å². The van der Waals surface area contributed by atoms with Crippen molar-refractivity contribution in [2.24, 2.45) is 0 Å². The van der Waals surface area contributed by atoms with Crippen LogP contribution in [-0.2, 0) is 11.4 Å². The maximum atomic E-state index is 12.8. The Kier molecular flexibility index (Phi) is 7.18. The number of ether oxygens (including phenoxy) is 1. The highest BCUT2D eigenvalue weighted by Gasteiger charge is 2.36. The standard InChI is InChI=1S/C25H17Cl2NO4S/c26-19-10-9-18(21(27)13-19)15-32-20-8-4-5-16(11-20)12-23-24(30)28(25(31)33-23)14-22(29)17-6-2-1-3-7-17/h1-13H,14-15H2/b23-12+. The highest BCUT2D eigenvalue weighted by molar-refractivity contribution is 8.18. The third-order valence-corrected chi connectivity index (χ3v) is 6.33. The van der Waals surface area contributed by atoms with E-state index in [2.05, 4.69) is 0 Å². The first-order chi connectivity index (χ1) is 15.9. The number of hydrogen-bond acceptors (Lipinski definition) is 5. The molecule has 0 aromatic heterocycles. The minimum Gasteiger partial charge on any atom is -0.489 e. The molecule has 8 heteroatoms. The Labute approximate surface area is 204 Å². The highest BCUT2D eigenvalue weighted by Crippen LogP contribution is 2.33. The van der Waals surface area contributed by atoms with E-state index in [1.54, 1.807) is 78.9 Å². The normalized spacial score (nSPS) is 14.7. The predicted octanol–water partition coefficient (Wildman–Crippen LogP) is 6.49. The maximum absolute atomic E-state index is 12.8. The molecule has 1 aliphatic rings. The molecule has 0 unspecified atom stereocenters. The van der Waals surface area contributed by atoms with Crippen LogP contribution in [0.1, 0.15) is 21.5 Å². The van der Waals surface area contributed by atoms with E-state index in [1.807, 2.05) is 0 Å². The van der Waals surface area contributed by atoms with Crippen LogP contribution < -0.4 is 4.74 Å². The van der Waals surface area contributed by atoms with Crippen LogP contribution in [0.4, 0.5) is 4.79 Å². The van der Waals surface area contributed by atoms with E-state index >= 15 is 0 Å². The molecule has 5 nitrogen and oxygen atoms in total. The Balaban J connectivity index is 1.45. The van der Waals surface area contributed by atoms with Crippen molar-refractivity contribution in [1.82, 2.24) is 4.90 Å². The first-order valence-corrected chi connectivity index (χ1v) is 11.5. The van der Waals surface area contributed by atoms with Gasteiger partial charge in [0.2, 0.25) is 0 Å². The fourth-order valence-electron chi connectivity index (χ4n) is 3.14. The molecule has 3 aromatic carbocycles. The van der Waals surface area contributed by atoms with Gasteiger partial charge in [0.15, 0.2) is 5.78 Å². The van der Waals surface area contributed by atoms with E-state index in [-0.39, 0.29) is 23.8 Å². The van der Waals surface area contributed by atoms with Gasteiger partial charge in [-0.1, -0.05) is 71.7 Å². The molecule has 0 radical (unpaired) electrons. The molecule has 1 heterocycles. The Morgan fingerprint density at radius 2 is 1.76 bits per heavy atom. The monoisotopic (exact) mass is 497 g/mol. The summed E-state index contributed by atoms with van der Waals surface area (Å²) in [6.45, 7) is -0.0470. The maximum Gasteiger partial charge on any atom is 0.293 e. The lowest BCUT2D eigenvalue weighted by Gasteiger charge is -2.11. The molecule has 3 aromatic rings.